The molecule has 2 aromatic carbocycles. The van der Waals surface area contributed by atoms with Gasteiger partial charge in [-0.2, -0.15) is 18.2 Å². The van der Waals surface area contributed by atoms with Gasteiger partial charge in [0.1, 0.15) is 4.90 Å². The molecule has 0 saturated heterocycles. The molecule has 1 heterocycles. The molecule has 0 fully saturated rings. The number of carbonyl (C=O) groups is 1. The number of carbonyl (C=O) groups excluding carboxylic acids is 1. The highest BCUT2D eigenvalue weighted by Gasteiger charge is 2.25. The van der Waals surface area contributed by atoms with E-state index in [9.17, 15) is 18.0 Å². The monoisotopic (exact) mass is 512 g/mol. The lowest BCUT2D eigenvalue weighted by atomic mass is 10.3. The van der Waals surface area contributed by atoms with Gasteiger partial charge in [-0.3, -0.25) is 4.79 Å². The third kappa shape index (κ3) is 4.89. The van der Waals surface area contributed by atoms with Crippen LogP contribution in [0, 0.1) is 0 Å². The molecular weight excluding hydrogens is 500 g/mol. The molecule has 1 aromatic heterocycles. The van der Waals surface area contributed by atoms with Crippen LogP contribution in [-0.4, -0.2) is 30.8 Å². The number of nitrogens with zero attached hydrogens (tertiary/aromatic N) is 2. The minimum absolute atomic E-state index is 0.0109. The second-order valence-electron chi connectivity index (χ2n) is 5.80. The number of halogens is 2. The SMILES string of the molecule is CCOC(=O)c1nn(-c2cccc(Br)c2)c(=O)cc1OS(=O)(=O)c1cccc(Cl)c1. The van der Waals surface area contributed by atoms with Crippen molar-refractivity contribution in [3.8, 4) is 11.4 Å². The lowest BCUT2D eigenvalue weighted by molar-refractivity contribution is 0.0515. The highest BCUT2D eigenvalue weighted by molar-refractivity contribution is 9.10. The van der Waals surface area contributed by atoms with Crippen LogP contribution in [0.4, 0.5) is 0 Å². The van der Waals surface area contributed by atoms with Crippen LogP contribution in [0.1, 0.15) is 17.4 Å². The van der Waals surface area contributed by atoms with Crippen LogP contribution in [0.2, 0.25) is 5.02 Å². The van der Waals surface area contributed by atoms with E-state index >= 15 is 0 Å². The molecule has 0 amide bonds. The predicted octanol–water partition coefficient (Wildman–Crippen LogP) is 3.59. The molecule has 3 aromatic rings. The minimum atomic E-state index is -4.40. The quantitative estimate of drug-likeness (QED) is 0.366. The average molecular weight is 514 g/mol. The molecule has 0 aliphatic carbocycles. The van der Waals surface area contributed by atoms with Crippen molar-refractivity contribution >= 4 is 43.6 Å². The summed E-state index contributed by atoms with van der Waals surface area (Å²) in [4.78, 5) is 24.7. The van der Waals surface area contributed by atoms with E-state index in [1.807, 2.05) is 0 Å². The largest absolute Gasteiger partial charge is 0.461 e. The van der Waals surface area contributed by atoms with Gasteiger partial charge >= 0.3 is 16.1 Å². The summed E-state index contributed by atoms with van der Waals surface area (Å²) in [5.74, 6) is -1.50. The molecule has 0 saturated carbocycles. The summed E-state index contributed by atoms with van der Waals surface area (Å²) in [6, 6.07) is 12.8. The average Bonchev–Trinajstić information content (AvgIpc) is 2.68. The molecular formula is C19H14BrClN2O6S. The van der Waals surface area contributed by atoms with Crippen molar-refractivity contribution < 1.29 is 22.1 Å². The molecule has 0 atom stereocenters. The van der Waals surface area contributed by atoms with E-state index < -0.39 is 33.1 Å². The first-order chi connectivity index (χ1) is 14.2. The Morgan fingerprint density at radius 1 is 1.17 bits per heavy atom. The van der Waals surface area contributed by atoms with E-state index in [1.165, 1.54) is 24.3 Å². The second kappa shape index (κ2) is 8.99. The molecule has 11 heteroatoms. The molecule has 3 rings (SSSR count). The Balaban J connectivity index is 2.13. The van der Waals surface area contributed by atoms with E-state index in [0.29, 0.717) is 10.2 Å². The highest BCUT2D eigenvalue weighted by atomic mass is 79.9. The van der Waals surface area contributed by atoms with E-state index in [2.05, 4.69) is 21.0 Å². The van der Waals surface area contributed by atoms with Crippen LogP contribution in [0.25, 0.3) is 5.69 Å². The van der Waals surface area contributed by atoms with Crippen molar-refractivity contribution in [2.24, 2.45) is 0 Å². The maximum atomic E-state index is 12.6. The van der Waals surface area contributed by atoms with Crippen molar-refractivity contribution in [1.82, 2.24) is 9.78 Å². The van der Waals surface area contributed by atoms with E-state index in [4.69, 9.17) is 20.5 Å². The Labute approximate surface area is 185 Å². The number of rotatable bonds is 6. The fourth-order valence-electron chi connectivity index (χ4n) is 2.43. The fourth-order valence-corrected chi connectivity index (χ4v) is 4.04. The molecule has 0 radical (unpaired) electrons. The minimum Gasteiger partial charge on any atom is -0.461 e. The van der Waals surface area contributed by atoms with Crippen molar-refractivity contribution in [3.63, 3.8) is 0 Å². The predicted molar refractivity (Wildman–Crippen MR) is 113 cm³/mol. The standard InChI is InChI=1S/C19H14BrClN2O6S/c1-2-28-19(25)18-16(29-30(26,27)15-8-4-6-13(21)10-15)11-17(24)23(22-18)14-7-3-5-12(20)9-14/h3-11H,2H2,1H3. The second-order valence-corrected chi connectivity index (χ2v) is 8.70. The van der Waals surface area contributed by atoms with Crippen molar-refractivity contribution in [1.29, 1.82) is 0 Å². The number of ether oxygens (including phenoxy) is 1. The lowest BCUT2D eigenvalue weighted by Gasteiger charge is -2.12. The molecule has 0 spiro atoms. The van der Waals surface area contributed by atoms with Crippen molar-refractivity contribution in [3.05, 3.63) is 80.1 Å². The molecule has 30 heavy (non-hydrogen) atoms. The maximum absolute atomic E-state index is 12.6. The van der Waals surface area contributed by atoms with Gasteiger partial charge in [0.05, 0.1) is 18.4 Å². The van der Waals surface area contributed by atoms with Crippen LogP contribution >= 0.6 is 27.5 Å². The molecule has 8 nitrogen and oxygen atoms in total. The summed E-state index contributed by atoms with van der Waals surface area (Å²) in [5.41, 5.74) is -0.830. The van der Waals surface area contributed by atoms with Crippen molar-refractivity contribution in [2.75, 3.05) is 6.61 Å². The smallest absolute Gasteiger partial charge is 0.362 e. The normalized spacial score (nSPS) is 11.2. The number of hydrogen-bond acceptors (Lipinski definition) is 7. The van der Waals surface area contributed by atoms with Gasteiger partial charge in [0.2, 0.25) is 5.69 Å². The number of benzene rings is 2. The summed E-state index contributed by atoms with van der Waals surface area (Å²) in [6.45, 7) is 1.59. The summed E-state index contributed by atoms with van der Waals surface area (Å²) >= 11 is 9.13. The van der Waals surface area contributed by atoms with Crippen LogP contribution in [-0.2, 0) is 14.9 Å². The maximum Gasteiger partial charge on any atom is 0.362 e. The third-order valence-electron chi connectivity index (χ3n) is 3.70. The first kappa shape index (κ1) is 22.0. The van der Waals surface area contributed by atoms with Gasteiger partial charge in [-0.1, -0.05) is 39.7 Å². The van der Waals surface area contributed by atoms with Gasteiger partial charge in [0.15, 0.2) is 5.75 Å². The first-order valence-corrected chi connectivity index (χ1v) is 11.1. The zero-order chi connectivity index (χ0) is 21.9. The van der Waals surface area contributed by atoms with Crippen LogP contribution in [0.5, 0.6) is 5.75 Å². The zero-order valence-electron chi connectivity index (χ0n) is 15.4. The van der Waals surface area contributed by atoms with Crippen LogP contribution < -0.4 is 9.74 Å². The molecule has 156 valence electrons. The Hall–Kier alpha value is -2.69. The van der Waals surface area contributed by atoms with Gasteiger partial charge in [-0.15, -0.1) is 0 Å². The van der Waals surface area contributed by atoms with E-state index in [0.717, 1.165) is 10.7 Å². The van der Waals surface area contributed by atoms with Gasteiger partial charge < -0.3 is 8.92 Å². The molecule has 0 N–H and O–H groups in total. The fraction of sp³-hybridized carbons (Fsp3) is 0.105. The molecule has 0 aliphatic heterocycles. The van der Waals surface area contributed by atoms with Crippen molar-refractivity contribution in [2.45, 2.75) is 11.8 Å². The van der Waals surface area contributed by atoms with Gasteiger partial charge in [-0.05, 0) is 43.3 Å². The first-order valence-electron chi connectivity index (χ1n) is 8.49. The Morgan fingerprint density at radius 2 is 1.90 bits per heavy atom. The summed E-state index contributed by atoms with van der Waals surface area (Å²) in [5, 5.41) is 4.17. The zero-order valence-corrected chi connectivity index (χ0v) is 18.6. The number of hydrogen-bond donors (Lipinski definition) is 0. The molecule has 0 unspecified atom stereocenters. The van der Waals surface area contributed by atoms with Crippen LogP contribution in [0.15, 0.2) is 68.8 Å². The topological polar surface area (TPSA) is 105 Å². The highest BCUT2D eigenvalue weighted by Crippen LogP contribution is 2.24. The Morgan fingerprint density at radius 3 is 2.57 bits per heavy atom. The summed E-state index contributed by atoms with van der Waals surface area (Å²) in [6.07, 6.45) is 0. The number of esters is 1. The van der Waals surface area contributed by atoms with E-state index in [1.54, 1.807) is 31.2 Å². The third-order valence-corrected chi connectivity index (χ3v) is 5.66. The number of aromatic nitrogens is 2. The van der Waals surface area contributed by atoms with Crippen LogP contribution in [0.3, 0.4) is 0 Å². The van der Waals surface area contributed by atoms with Gasteiger partial charge in [0, 0.05) is 9.50 Å². The Kier molecular flexibility index (Phi) is 6.59. The summed E-state index contributed by atoms with van der Waals surface area (Å²) < 4.78 is 36.9. The van der Waals surface area contributed by atoms with Gasteiger partial charge in [-0.25, -0.2) is 4.79 Å². The van der Waals surface area contributed by atoms with Gasteiger partial charge in [0.25, 0.3) is 5.56 Å². The molecule has 0 bridgehead atoms. The Bertz CT molecular complexity index is 1280. The molecule has 0 aliphatic rings. The summed E-state index contributed by atoms with van der Waals surface area (Å²) in [7, 11) is -4.40. The van der Waals surface area contributed by atoms with E-state index in [-0.39, 0.29) is 16.5 Å². The lowest BCUT2D eigenvalue weighted by Crippen LogP contribution is -2.26.